The summed E-state index contributed by atoms with van der Waals surface area (Å²) in [6, 6.07) is 10.5. The molecule has 0 aliphatic heterocycles. The highest BCUT2D eigenvalue weighted by Gasteiger charge is 2.08. The Morgan fingerprint density at radius 1 is 1.33 bits per heavy atom. The number of benzene rings is 1. The summed E-state index contributed by atoms with van der Waals surface area (Å²) < 4.78 is 3.49. The second kappa shape index (κ2) is 6.73. The first-order chi connectivity index (χ1) is 10.3. The van der Waals surface area contributed by atoms with E-state index < -0.39 is 0 Å². The van der Waals surface area contributed by atoms with Crippen LogP contribution in [0.3, 0.4) is 0 Å². The number of rotatable bonds is 6. The minimum Gasteiger partial charge on any atom is -0.327 e. The third-order valence-corrected chi connectivity index (χ3v) is 5.18. The van der Waals surface area contributed by atoms with E-state index in [0.717, 1.165) is 41.9 Å². The molecule has 0 saturated heterocycles. The Kier molecular flexibility index (Phi) is 4.73. The van der Waals surface area contributed by atoms with Gasteiger partial charge in [0, 0.05) is 40.8 Å². The third-order valence-electron chi connectivity index (χ3n) is 3.48. The van der Waals surface area contributed by atoms with Crippen molar-refractivity contribution in [1.29, 1.82) is 0 Å². The van der Waals surface area contributed by atoms with Crippen LogP contribution in [0.4, 0.5) is 0 Å². The van der Waals surface area contributed by atoms with Crippen LogP contribution in [0.2, 0.25) is 0 Å². The van der Waals surface area contributed by atoms with Crippen LogP contribution < -0.4 is 5.32 Å². The topological polar surface area (TPSA) is 29.9 Å². The number of halogens is 1. The smallest absolute Gasteiger partial charge is 0.109 e. The van der Waals surface area contributed by atoms with E-state index >= 15 is 0 Å². The highest BCUT2D eigenvalue weighted by molar-refractivity contribution is 9.10. The molecule has 110 valence electrons. The molecular weight excluding hydrogens is 346 g/mol. The average molecular weight is 364 g/mol. The molecule has 1 N–H and O–H groups in total. The van der Waals surface area contributed by atoms with Crippen LogP contribution in [0, 0.1) is 0 Å². The Bertz CT molecular complexity index is 732. The van der Waals surface area contributed by atoms with Crippen molar-refractivity contribution in [1.82, 2.24) is 14.9 Å². The van der Waals surface area contributed by atoms with E-state index in [1.807, 2.05) is 6.07 Å². The molecule has 0 unspecified atom stereocenters. The molecule has 5 heteroatoms. The molecule has 2 aromatic heterocycles. The van der Waals surface area contributed by atoms with Crippen molar-refractivity contribution in [2.24, 2.45) is 0 Å². The molecular formula is C16H18BrN3S. The van der Waals surface area contributed by atoms with Gasteiger partial charge in [-0.15, -0.1) is 11.3 Å². The maximum atomic E-state index is 4.70. The number of para-hydroxylation sites is 2. The second-order valence-corrected chi connectivity index (χ2v) is 6.84. The summed E-state index contributed by atoms with van der Waals surface area (Å²) in [4.78, 5) is 6.06. The van der Waals surface area contributed by atoms with Gasteiger partial charge in [0.15, 0.2) is 0 Å². The van der Waals surface area contributed by atoms with Gasteiger partial charge in [-0.1, -0.05) is 19.1 Å². The van der Waals surface area contributed by atoms with E-state index in [1.54, 1.807) is 11.3 Å². The first kappa shape index (κ1) is 14.8. The Morgan fingerprint density at radius 2 is 2.19 bits per heavy atom. The SMILES string of the molecule is CCc1nc2ccccc2n1CCNCc1cc(Br)cs1. The molecule has 3 rings (SSSR count). The number of imidazole rings is 1. The van der Waals surface area contributed by atoms with E-state index in [0.29, 0.717) is 0 Å². The molecule has 0 saturated carbocycles. The van der Waals surface area contributed by atoms with E-state index in [4.69, 9.17) is 4.98 Å². The number of thiophene rings is 1. The average Bonchev–Trinajstić information content (AvgIpc) is 3.07. The van der Waals surface area contributed by atoms with Gasteiger partial charge in [0.05, 0.1) is 11.0 Å². The van der Waals surface area contributed by atoms with Crippen molar-refractivity contribution in [3.05, 3.63) is 50.9 Å². The number of nitrogens with one attached hydrogen (secondary N) is 1. The molecule has 0 aliphatic carbocycles. The number of fused-ring (bicyclic) bond motifs is 1. The summed E-state index contributed by atoms with van der Waals surface area (Å²) in [5.41, 5.74) is 2.33. The molecule has 3 nitrogen and oxygen atoms in total. The predicted molar refractivity (Wildman–Crippen MR) is 92.8 cm³/mol. The summed E-state index contributed by atoms with van der Waals surface area (Å²) in [5.74, 6) is 1.16. The maximum absolute atomic E-state index is 4.70. The minimum atomic E-state index is 0.921. The first-order valence-electron chi connectivity index (χ1n) is 7.15. The lowest BCUT2D eigenvalue weighted by molar-refractivity contribution is 0.593. The fourth-order valence-corrected chi connectivity index (χ4v) is 3.91. The molecule has 2 heterocycles. The van der Waals surface area contributed by atoms with Crippen molar-refractivity contribution in [2.75, 3.05) is 6.54 Å². The molecule has 21 heavy (non-hydrogen) atoms. The van der Waals surface area contributed by atoms with Crippen molar-refractivity contribution >= 4 is 38.3 Å². The van der Waals surface area contributed by atoms with Gasteiger partial charge in [-0.3, -0.25) is 0 Å². The predicted octanol–water partition coefficient (Wildman–Crippen LogP) is 4.21. The van der Waals surface area contributed by atoms with Gasteiger partial charge >= 0.3 is 0 Å². The zero-order chi connectivity index (χ0) is 14.7. The third kappa shape index (κ3) is 3.36. The van der Waals surface area contributed by atoms with Gasteiger partial charge in [-0.25, -0.2) is 4.98 Å². The highest BCUT2D eigenvalue weighted by atomic mass is 79.9. The van der Waals surface area contributed by atoms with E-state index in [-0.39, 0.29) is 0 Å². The van der Waals surface area contributed by atoms with Crippen LogP contribution in [0.25, 0.3) is 11.0 Å². The largest absolute Gasteiger partial charge is 0.327 e. The van der Waals surface area contributed by atoms with Crippen LogP contribution in [0.1, 0.15) is 17.6 Å². The summed E-state index contributed by atoms with van der Waals surface area (Å²) in [6.45, 7) is 4.98. The van der Waals surface area contributed by atoms with Crippen LogP contribution >= 0.6 is 27.3 Å². The Labute approximate surface area is 137 Å². The van der Waals surface area contributed by atoms with E-state index in [2.05, 4.69) is 62.4 Å². The Hall–Kier alpha value is -1.17. The molecule has 0 aliphatic rings. The Morgan fingerprint density at radius 3 is 2.95 bits per heavy atom. The van der Waals surface area contributed by atoms with Crippen LogP contribution in [0.15, 0.2) is 40.2 Å². The van der Waals surface area contributed by atoms with Gasteiger partial charge in [-0.05, 0) is 34.1 Å². The van der Waals surface area contributed by atoms with Gasteiger partial charge in [0.1, 0.15) is 5.82 Å². The summed E-state index contributed by atoms with van der Waals surface area (Å²) in [5, 5.41) is 5.63. The number of aromatic nitrogens is 2. The molecule has 3 aromatic rings. The van der Waals surface area contributed by atoms with Crippen LogP contribution in [0.5, 0.6) is 0 Å². The highest BCUT2D eigenvalue weighted by Crippen LogP contribution is 2.19. The summed E-state index contributed by atoms with van der Waals surface area (Å²) in [7, 11) is 0. The van der Waals surface area contributed by atoms with Crippen molar-refractivity contribution in [2.45, 2.75) is 26.4 Å². The molecule has 0 amide bonds. The number of aryl methyl sites for hydroxylation is 1. The fourth-order valence-electron chi connectivity index (χ4n) is 2.49. The van der Waals surface area contributed by atoms with Crippen molar-refractivity contribution in [3.63, 3.8) is 0 Å². The minimum absolute atomic E-state index is 0.921. The molecule has 0 bridgehead atoms. The van der Waals surface area contributed by atoms with Gasteiger partial charge < -0.3 is 9.88 Å². The quantitative estimate of drug-likeness (QED) is 0.664. The fraction of sp³-hybridized carbons (Fsp3) is 0.312. The van der Waals surface area contributed by atoms with Gasteiger partial charge in [0.25, 0.3) is 0 Å². The Balaban J connectivity index is 1.64. The van der Waals surface area contributed by atoms with E-state index in [9.17, 15) is 0 Å². The number of nitrogens with zero attached hydrogens (tertiary/aromatic N) is 2. The van der Waals surface area contributed by atoms with Crippen molar-refractivity contribution in [3.8, 4) is 0 Å². The molecule has 1 aromatic carbocycles. The first-order valence-corrected chi connectivity index (χ1v) is 8.83. The zero-order valence-electron chi connectivity index (χ0n) is 12.0. The summed E-state index contributed by atoms with van der Waals surface area (Å²) >= 11 is 5.27. The molecule has 0 fully saturated rings. The molecule has 0 spiro atoms. The lowest BCUT2D eigenvalue weighted by Gasteiger charge is -2.09. The normalized spacial score (nSPS) is 11.3. The zero-order valence-corrected chi connectivity index (χ0v) is 14.4. The van der Waals surface area contributed by atoms with Gasteiger partial charge in [-0.2, -0.15) is 0 Å². The maximum Gasteiger partial charge on any atom is 0.109 e. The van der Waals surface area contributed by atoms with Crippen molar-refractivity contribution < 1.29 is 0 Å². The number of hydrogen-bond acceptors (Lipinski definition) is 3. The standard InChI is InChI=1S/C16H18BrN3S/c1-2-16-19-14-5-3-4-6-15(14)20(16)8-7-18-10-13-9-12(17)11-21-13/h3-6,9,11,18H,2,7-8,10H2,1H3. The second-order valence-electron chi connectivity index (χ2n) is 4.93. The monoisotopic (exact) mass is 363 g/mol. The molecule has 0 atom stereocenters. The molecule has 0 radical (unpaired) electrons. The van der Waals surface area contributed by atoms with Crippen LogP contribution in [-0.2, 0) is 19.5 Å². The van der Waals surface area contributed by atoms with E-state index in [1.165, 1.54) is 10.4 Å². The summed E-state index contributed by atoms with van der Waals surface area (Å²) in [6.07, 6.45) is 0.965. The lowest BCUT2D eigenvalue weighted by atomic mass is 10.3. The van der Waals surface area contributed by atoms with Crippen LogP contribution in [-0.4, -0.2) is 16.1 Å². The lowest BCUT2D eigenvalue weighted by Crippen LogP contribution is -2.20. The van der Waals surface area contributed by atoms with Gasteiger partial charge in [0.2, 0.25) is 0 Å². The number of hydrogen-bond donors (Lipinski definition) is 1.